The molecule has 0 aromatic carbocycles. The summed E-state index contributed by atoms with van der Waals surface area (Å²) < 4.78 is 0. The lowest BCUT2D eigenvalue weighted by Crippen LogP contribution is -2.71. The summed E-state index contributed by atoms with van der Waals surface area (Å²) in [6, 6.07) is -3.72. The molecule has 11 heteroatoms. The molecule has 10 N–H and O–H groups in total. The maximum Gasteiger partial charge on any atom is 0.329 e. The fourth-order valence-electron chi connectivity index (χ4n) is 1.87. The third kappa shape index (κ3) is 2.94. The number of nitrogens with one attached hydrogen (secondary N) is 1. The Morgan fingerprint density at radius 3 is 2.17 bits per heavy atom. The lowest BCUT2D eigenvalue weighted by Gasteiger charge is -2.44. The molecule has 1 fully saturated rings. The van der Waals surface area contributed by atoms with Crippen LogP contribution in [0.25, 0.3) is 0 Å². The molecule has 0 aromatic heterocycles. The summed E-state index contributed by atoms with van der Waals surface area (Å²) in [4.78, 5) is 22.1. The van der Waals surface area contributed by atoms with Gasteiger partial charge in [0.05, 0.1) is 11.4 Å². The molecule has 0 aliphatic carbocycles. The SMILES string of the molecule is NC(=O)N(N)C1CC(S)NC(O)C1N(N)C(N)=O. The van der Waals surface area contributed by atoms with E-state index in [1.54, 1.807) is 0 Å². The molecule has 18 heavy (non-hydrogen) atoms. The van der Waals surface area contributed by atoms with Crippen LogP contribution in [0.4, 0.5) is 9.59 Å². The molecule has 0 aromatic rings. The average molecular weight is 279 g/mol. The van der Waals surface area contributed by atoms with Gasteiger partial charge in [-0.15, -0.1) is 0 Å². The van der Waals surface area contributed by atoms with Crippen LogP contribution in [0.2, 0.25) is 0 Å². The summed E-state index contributed by atoms with van der Waals surface area (Å²) in [5.74, 6) is 11.0. The predicted octanol–water partition coefficient (Wildman–Crippen LogP) is -3.20. The van der Waals surface area contributed by atoms with Crippen LogP contribution in [-0.4, -0.2) is 50.9 Å². The number of aliphatic hydroxyl groups is 1. The number of amides is 4. The molecule has 104 valence electrons. The van der Waals surface area contributed by atoms with Crippen molar-refractivity contribution in [3.8, 4) is 0 Å². The topological polar surface area (TPSA) is 177 Å². The van der Waals surface area contributed by atoms with Gasteiger partial charge in [-0.3, -0.25) is 15.3 Å². The number of piperidine rings is 1. The van der Waals surface area contributed by atoms with Gasteiger partial charge >= 0.3 is 12.1 Å². The number of hydrogen-bond acceptors (Lipinski definition) is 7. The number of rotatable bonds is 2. The molecule has 1 aliphatic rings. The minimum Gasteiger partial charge on any atom is -0.376 e. The molecule has 4 atom stereocenters. The molecular weight excluding hydrogens is 262 g/mol. The first-order valence-electron chi connectivity index (χ1n) is 5.04. The van der Waals surface area contributed by atoms with Gasteiger partial charge in [-0.1, -0.05) is 0 Å². The number of hydrazine groups is 2. The standard InChI is InChI=1S/C7H17N7O3S/c8-6(16)13(10)2-1-3(18)12-5(15)4(2)14(11)7(9)17/h2-5,12,15,18H,1,10-11H2,(H2,8,16)(H2,9,17). The van der Waals surface area contributed by atoms with E-state index in [2.05, 4.69) is 17.9 Å². The Bertz CT molecular complexity index is 343. The second-order valence-electron chi connectivity index (χ2n) is 3.91. The van der Waals surface area contributed by atoms with Crippen molar-refractivity contribution in [1.82, 2.24) is 15.3 Å². The monoisotopic (exact) mass is 279 g/mol. The summed E-state index contributed by atoms with van der Waals surface area (Å²) >= 11 is 4.12. The van der Waals surface area contributed by atoms with E-state index in [9.17, 15) is 14.7 Å². The Labute approximate surface area is 109 Å². The van der Waals surface area contributed by atoms with Gasteiger partial charge in [-0.05, 0) is 6.42 Å². The molecule has 0 radical (unpaired) electrons. The minimum absolute atomic E-state index is 0.227. The maximum absolute atomic E-state index is 11.1. The fourth-order valence-corrected chi connectivity index (χ4v) is 2.24. The molecule has 0 bridgehead atoms. The zero-order valence-electron chi connectivity index (χ0n) is 9.43. The summed E-state index contributed by atoms with van der Waals surface area (Å²) in [5.41, 5.74) is 10.1. The molecule has 1 aliphatic heterocycles. The van der Waals surface area contributed by atoms with Crippen molar-refractivity contribution in [2.75, 3.05) is 0 Å². The molecule has 1 heterocycles. The number of aliphatic hydroxyl groups excluding tert-OH is 1. The van der Waals surface area contributed by atoms with E-state index in [0.29, 0.717) is 10.0 Å². The van der Waals surface area contributed by atoms with Crippen molar-refractivity contribution >= 4 is 24.7 Å². The quantitative estimate of drug-likeness (QED) is 0.121. The summed E-state index contributed by atoms with van der Waals surface area (Å²) in [6.45, 7) is 0. The number of thiol groups is 1. The number of carbonyl (C=O) groups is 2. The van der Waals surface area contributed by atoms with Gasteiger partial charge in [-0.2, -0.15) is 12.6 Å². The fraction of sp³-hybridized carbons (Fsp3) is 0.714. The molecular formula is C7H17N7O3S. The summed E-state index contributed by atoms with van der Waals surface area (Å²) in [5, 5.41) is 13.3. The van der Waals surface area contributed by atoms with E-state index in [1.165, 1.54) is 0 Å². The van der Waals surface area contributed by atoms with Gasteiger partial charge in [0, 0.05) is 0 Å². The van der Waals surface area contributed by atoms with Gasteiger partial charge in [0.2, 0.25) is 0 Å². The van der Waals surface area contributed by atoms with Crippen molar-refractivity contribution in [2.45, 2.75) is 30.1 Å². The Balaban J connectivity index is 2.99. The van der Waals surface area contributed by atoms with Crippen LogP contribution in [-0.2, 0) is 0 Å². The highest BCUT2D eigenvalue weighted by atomic mass is 32.1. The predicted molar refractivity (Wildman–Crippen MR) is 65.3 cm³/mol. The number of nitrogens with zero attached hydrogens (tertiary/aromatic N) is 2. The minimum atomic E-state index is -1.24. The second kappa shape index (κ2) is 5.58. The highest BCUT2D eigenvalue weighted by molar-refractivity contribution is 7.80. The van der Waals surface area contributed by atoms with Gasteiger partial charge in [-0.25, -0.2) is 21.3 Å². The molecule has 1 rings (SSSR count). The molecule has 1 saturated heterocycles. The van der Waals surface area contributed by atoms with Crippen LogP contribution >= 0.6 is 12.6 Å². The van der Waals surface area contributed by atoms with Gasteiger partial charge in [0.25, 0.3) is 0 Å². The van der Waals surface area contributed by atoms with Crippen LogP contribution in [0, 0.1) is 0 Å². The Morgan fingerprint density at radius 2 is 1.72 bits per heavy atom. The number of primary amides is 2. The van der Waals surface area contributed by atoms with E-state index in [1.807, 2.05) is 0 Å². The number of urea groups is 2. The maximum atomic E-state index is 11.1. The largest absolute Gasteiger partial charge is 0.376 e. The molecule has 10 nitrogen and oxygen atoms in total. The second-order valence-corrected chi connectivity index (χ2v) is 4.54. The van der Waals surface area contributed by atoms with Crippen molar-refractivity contribution in [1.29, 1.82) is 0 Å². The zero-order valence-corrected chi connectivity index (χ0v) is 10.3. The molecule has 4 unspecified atom stereocenters. The number of nitrogens with two attached hydrogens (primary N) is 4. The van der Waals surface area contributed by atoms with Crippen LogP contribution in [0.1, 0.15) is 6.42 Å². The van der Waals surface area contributed by atoms with Crippen molar-refractivity contribution < 1.29 is 14.7 Å². The first kappa shape index (κ1) is 14.8. The van der Waals surface area contributed by atoms with Gasteiger partial charge in [0.1, 0.15) is 12.3 Å². The van der Waals surface area contributed by atoms with Crippen LogP contribution in [0.5, 0.6) is 0 Å². The molecule has 0 saturated carbocycles. The van der Waals surface area contributed by atoms with Crippen molar-refractivity contribution in [3.05, 3.63) is 0 Å². The highest BCUT2D eigenvalue weighted by Crippen LogP contribution is 2.22. The molecule has 0 spiro atoms. The zero-order chi connectivity index (χ0) is 14.0. The summed E-state index contributed by atoms with van der Waals surface area (Å²) in [6.07, 6.45) is -1.01. The lowest BCUT2D eigenvalue weighted by molar-refractivity contribution is -0.0239. The van der Waals surface area contributed by atoms with Gasteiger partial charge in [0.15, 0.2) is 0 Å². The Hall–Kier alpha value is -1.27. The van der Waals surface area contributed by atoms with Crippen LogP contribution < -0.4 is 28.5 Å². The number of hydrogen-bond donors (Lipinski definition) is 7. The number of carbonyl (C=O) groups excluding carboxylic acids is 2. The summed E-state index contributed by atoms with van der Waals surface area (Å²) in [7, 11) is 0. The normalized spacial score (nSPS) is 31.8. The van der Waals surface area contributed by atoms with E-state index in [0.717, 1.165) is 0 Å². The van der Waals surface area contributed by atoms with Crippen molar-refractivity contribution in [3.63, 3.8) is 0 Å². The average Bonchev–Trinajstić information content (AvgIpc) is 2.25. The van der Waals surface area contributed by atoms with E-state index in [4.69, 9.17) is 23.2 Å². The van der Waals surface area contributed by atoms with E-state index < -0.39 is 35.7 Å². The first-order valence-corrected chi connectivity index (χ1v) is 5.56. The Kier molecular flexibility index (Phi) is 4.59. The smallest absolute Gasteiger partial charge is 0.329 e. The van der Waals surface area contributed by atoms with Crippen LogP contribution in [0.3, 0.4) is 0 Å². The third-order valence-electron chi connectivity index (χ3n) is 2.73. The Morgan fingerprint density at radius 1 is 1.22 bits per heavy atom. The molecule has 4 amide bonds. The van der Waals surface area contributed by atoms with Crippen molar-refractivity contribution in [2.24, 2.45) is 23.2 Å². The van der Waals surface area contributed by atoms with Crippen LogP contribution in [0.15, 0.2) is 0 Å². The highest BCUT2D eigenvalue weighted by Gasteiger charge is 2.43. The van der Waals surface area contributed by atoms with E-state index in [-0.39, 0.29) is 6.42 Å². The van der Waals surface area contributed by atoms with Gasteiger partial charge < -0.3 is 16.6 Å². The van der Waals surface area contributed by atoms with E-state index >= 15 is 0 Å². The first-order chi connectivity index (χ1) is 8.25. The third-order valence-corrected chi connectivity index (χ3v) is 3.09. The lowest BCUT2D eigenvalue weighted by atomic mass is 9.98.